The molecule has 0 heterocycles. The lowest BCUT2D eigenvalue weighted by Gasteiger charge is -2.04. The first-order valence-electron chi connectivity index (χ1n) is 5.36. The highest BCUT2D eigenvalue weighted by molar-refractivity contribution is 5.91. The first-order chi connectivity index (χ1) is 8.19. The molecule has 1 N–H and O–H groups in total. The summed E-state index contributed by atoms with van der Waals surface area (Å²) >= 11 is 0. The molecule has 0 bridgehead atoms. The van der Waals surface area contributed by atoms with Gasteiger partial charge >= 0.3 is 5.91 Å². The smallest absolute Gasteiger partial charge is 0.322 e. The molecule has 0 saturated carbocycles. The van der Waals surface area contributed by atoms with Gasteiger partial charge in [0, 0.05) is 6.54 Å². The van der Waals surface area contributed by atoms with Gasteiger partial charge in [0.05, 0.1) is 0 Å². The van der Waals surface area contributed by atoms with Crippen molar-refractivity contribution in [3.63, 3.8) is 0 Å². The van der Waals surface area contributed by atoms with Crippen LogP contribution in [0, 0.1) is 18.3 Å². The van der Waals surface area contributed by atoms with Crippen molar-refractivity contribution in [1.82, 2.24) is 5.32 Å². The first kappa shape index (κ1) is 11.2. The molecule has 1 amide bonds. The molecule has 2 rings (SSSR count). The van der Waals surface area contributed by atoms with Gasteiger partial charge < -0.3 is 5.32 Å². The number of aryl methyl sites for hydroxylation is 1. The molecule has 0 aromatic heterocycles. The fraction of sp³-hybridized carbons (Fsp3) is 0.143. The Morgan fingerprint density at radius 1 is 1.24 bits per heavy atom. The Bertz CT molecular complexity index is 611. The average molecular weight is 224 g/mol. The van der Waals surface area contributed by atoms with E-state index in [2.05, 4.69) is 30.4 Å². The number of hydrogen-bond acceptors (Lipinski definition) is 2. The maximum atomic E-state index is 10.8. The maximum Gasteiger partial charge on any atom is 0.322 e. The number of benzene rings is 2. The third-order valence-corrected chi connectivity index (χ3v) is 2.61. The van der Waals surface area contributed by atoms with Crippen LogP contribution in [0.5, 0.6) is 0 Å². The van der Waals surface area contributed by atoms with Gasteiger partial charge in [-0.3, -0.25) is 4.79 Å². The topological polar surface area (TPSA) is 52.9 Å². The molecule has 0 aliphatic carbocycles. The van der Waals surface area contributed by atoms with Gasteiger partial charge in [0.2, 0.25) is 0 Å². The van der Waals surface area contributed by atoms with E-state index >= 15 is 0 Å². The van der Waals surface area contributed by atoms with Crippen LogP contribution in [-0.4, -0.2) is 5.91 Å². The van der Waals surface area contributed by atoms with Crippen LogP contribution in [0.4, 0.5) is 0 Å². The lowest BCUT2D eigenvalue weighted by molar-refractivity contribution is -0.116. The van der Waals surface area contributed by atoms with Crippen molar-refractivity contribution in [3.8, 4) is 6.07 Å². The van der Waals surface area contributed by atoms with Crippen LogP contribution < -0.4 is 5.32 Å². The molecule has 84 valence electrons. The van der Waals surface area contributed by atoms with E-state index in [-0.39, 0.29) is 0 Å². The molecule has 0 fully saturated rings. The van der Waals surface area contributed by atoms with Gasteiger partial charge in [-0.15, -0.1) is 0 Å². The van der Waals surface area contributed by atoms with Crippen molar-refractivity contribution < 1.29 is 4.79 Å². The van der Waals surface area contributed by atoms with Crippen LogP contribution in [0.1, 0.15) is 11.1 Å². The van der Waals surface area contributed by atoms with E-state index in [9.17, 15) is 4.79 Å². The zero-order valence-electron chi connectivity index (χ0n) is 9.53. The predicted molar refractivity (Wildman–Crippen MR) is 66.1 cm³/mol. The molecule has 0 saturated heterocycles. The standard InChI is InChI=1S/C14H12N2O/c1-10-2-4-13-7-11(3-5-12(13)6-10)9-16-14(17)8-15/h2-7H,9H2,1H3,(H,16,17). The molecule has 3 nitrogen and oxygen atoms in total. The largest absolute Gasteiger partial charge is 0.339 e. The lowest BCUT2D eigenvalue weighted by Crippen LogP contribution is -2.20. The van der Waals surface area contributed by atoms with Crippen molar-refractivity contribution >= 4 is 16.7 Å². The Hall–Kier alpha value is -2.34. The van der Waals surface area contributed by atoms with E-state index < -0.39 is 5.91 Å². The van der Waals surface area contributed by atoms with E-state index in [0.717, 1.165) is 10.9 Å². The molecule has 0 spiro atoms. The lowest BCUT2D eigenvalue weighted by atomic mass is 10.0. The molecular weight excluding hydrogens is 212 g/mol. The van der Waals surface area contributed by atoms with Gasteiger partial charge in [0.15, 0.2) is 6.07 Å². The number of hydrogen-bond donors (Lipinski definition) is 1. The van der Waals surface area contributed by atoms with Gasteiger partial charge in [0.25, 0.3) is 0 Å². The Labute approximate surface area is 99.7 Å². The van der Waals surface area contributed by atoms with Crippen molar-refractivity contribution in [2.75, 3.05) is 0 Å². The van der Waals surface area contributed by atoms with Gasteiger partial charge in [-0.1, -0.05) is 35.9 Å². The van der Waals surface area contributed by atoms with Crippen molar-refractivity contribution in [3.05, 3.63) is 47.5 Å². The molecule has 17 heavy (non-hydrogen) atoms. The van der Waals surface area contributed by atoms with E-state index in [1.165, 1.54) is 17.0 Å². The summed E-state index contributed by atoms with van der Waals surface area (Å²) in [5.41, 5.74) is 2.22. The minimum Gasteiger partial charge on any atom is -0.339 e. The molecule has 0 unspecified atom stereocenters. The number of carbonyl (C=O) groups excluding carboxylic acids is 1. The van der Waals surface area contributed by atoms with Crippen LogP contribution in [0.3, 0.4) is 0 Å². The number of rotatable bonds is 2. The van der Waals surface area contributed by atoms with E-state index in [1.54, 1.807) is 0 Å². The molecular formula is C14H12N2O. The molecule has 0 atom stereocenters. The molecule has 3 heteroatoms. The normalized spacial score (nSPS) is 9.88. The number of nitrogens with zero attached hydrogens (tertiary/aromatic N) is 1. The average Bonchev–Trinajstić information content (AvgIpc) is 2.35. The molecule has 0 radical (unpaired) electrons. The van der Waals surface area contributed by atoms with Crippen molar-refractivity contribution in [2.45, 2.75) is 13.5 Å². The van der Waals surface area contributed by atoms with Gasteiger partial charge in [0.1, 0.15) is 0 Å². The monoisotopic (exact) mass is 224 g/mol. The zero-order valence-corrected chi connectivity index (χ0v) is 9.53. The molecule has 2 aromatic carbocycles. The Kier molecular flexibility index (Phi) is 3.06. The highest BCUT2D eigenvalue weighted by Crippen LogP contribution is 2.17. The van der Waals surface area contributed by atoms with Crippen molar-refractivity contribution in [2.24, 2.45) is 0 Å². The Balaban J connectivity index is 2.24. The quantitative estimate of drug-likeness (QED) is 0.796. The fourth-order valence-corrected chi connectivity index (χ4v) is 1.75. The number of nitriles is 1. The minimum atomic E-state index is -0.603. The van der Waals surface area contributed by atoms with Crippen LogP contribution in [0.15, 0.2) is 36.4 Å². The second-order valence-corrected chi connectivity index (χ2v) is 3.98. The Morgan fingerprint density at radius 2 is 1.94 bits per heavy atom. The van der Waals surface area contributed by atoms with E-state index in [0.29, 0.717) is 6.54 Å². The zero-order chi connectivity index (χ0) is 12.3. The summed E-state index contributed by atoms with van der Waals surface area (Å²) in [6, 6.07) is 13.8. The third kappa shape index (κ3) is 2.61. The van der Waals surface area contributed by atoms with Gasteiger partial charge in [-0.2, -0.15) is 5.26 Å². The fourth-order valence-electron chi connectivity index (χ4n) is 1.75. The SMILES string of the molecule is Cc1ccc2cc(CNC(=O)C#N)ccc2c1. The van der Waals surface area contributed by atoms with Crippen molar-refractivity contribution in [1.29, 1.82) is 5.26 Å². The number of carbonyl (C=O) groups is 1. The number of amides is 1. The summed E-state index contributed by atoms with van der Waals surface area (Å²) in [5, 5.41) is 13.2. The molecule has 0 aliphatic rings. The highest BCUT2D eigenvalue weighted by Gasteiger charge is 2.00. The van der Waals surface area contributed by atoms with E-state index in [1.807, 2.05) is 18.2 Å². The van der Waals surface area contributed by atoms with Crippen LogP contribution in [0.2, 0.25) is 0 Å². The first-order valence-corrected chi connectivity index (χ1v) is 5.36. The van der Waals surface area contributed by atoms with Crippen LogP contribution in [-0.2, 0) is 11.3 Å². The molecule has 0 aliphatic heterocycles. The summed E-state index contributed by atoms with van der Waals surface area (Å²) in [4.78, 5) is 10.8. The second-order valence-electron chi connectivity index (χ2n) is 3.98. The highest BCUT2D eigenvalue weighted by atomic mass is 16.1. The van der Waals surface area contributed by atoms with Crippen LogP contribution >= 0.6 is 0 Å². The summed E-state index contributed by atoms with van der Waals surface area (Å²) < 4.78 is 0. The summed E-state index contributed by atoms with van der Waals surface area (Å²) in [6.45, 7) is 2.44. The third-order valence-electron chi connectivity index (χ3n) is 2.61. The minimum absolute atomic E-state index is 0.385. The summed E-state index contributed by atoms with van der Waals surface area (Å²) in [6.07, 6.45) is 0. The predicted octanol–water partition coefficient (Wildman–Crippen LogP) is 2.29. The second kappa shape index (κ2) is 4.67. The van der Waals surface area contributed by atoms with Gasteiger partial charge in [-0.25, -0.2) is 0 Å². The van der Waals surface area contributed by atoms with Crippen LogP contribution in [0.25, 0.3) is 10.8 Å². The van der Waals surface area contributed by atoms with Gasteiger partial charge in [-0.05, 0) is 29.3 Å². The number of fused-ring (bicyclic) bond motifs is 1. The maximum absolute atomic E-state index is 10.8. The summed E-state index contributed by atoms with van der Waals surface area (Å²) in [7, 11) is 0. The summed E-state index contributed by atoms with van der Waals surface area (Å²) in [5.74, 6) is -0.603. The van der Waals surface area contributed by atoms with E-state index in [4.69, 9.17) is 5.26 Å². The molecule has 2 aromatic rings. The number of nitrogens with one attached hydrogen (secondary N) is 1. The Morgan fingerprint density at radius 3 is 2.71 bits per heavy atom.